The van der Waals surface area contributed by atoms with Crippen LogP contribution in [0.25, 0.3) is 0 Å². The predicted molar refractivity (Wildman–Crippen MR) is 157 cm³/mol. The minimum atomic E-state index is -3.66. The maximum Gasteiger partial charge on any atom is 0.243 e. The van der Waals surface area contributed by atoms with E-state index in [1.807, 2.05) is 75.4 Å². The van der Waals surface area contributed by atoms with Crippen LogP contribution in [0.5, 0.6) is 0 Å². The number of sulfonamides is 1. The van der Waals surface area contributed by atoms with Crippen LogP contribution in [-0.4, -0.2) is 50.0 Å². The minimum Gasteiger partial charge on any atom is -0.352 e. The molecule has 0 heterocycles. The summed E-state index contributed by atoms with van der Waals surface area (Å²) in [6.07, 6.45) is 1.66. The number of anilines is 1. The maximum absolute atomic E-state index is 13.8. The van der Waals surface area contributed by atoms with Crippen molar-refractivity contribution >= 4 is 27.5 Å². The topological polar surface area (TPSA) is 86.8 Å². The van der Waals surface area contributed by atoms with Crippen molar-refractivity contribution in [3.05, 3.63) is 101 Å². The summed E-state index contributed by atoms with van der Waals surface area (Å²) in [5.74, 6) is -0.971. The van der Waals surface area contributed by atoms with E-state index in [-0.39, 0.29) is 43.8 Å². The fourth-order valence-corrected chi connectivity index (χ4v) is 5.52. The van der Waals surface area contributed by atoms with Crippen LogP contribution in [-0.2, 0) is 32.6 Å². The van der Waals surface area contributed by atoms with E-state index in [1.165, 1.54) is 24.3 Å². The van der Waals surface area contributed by atoms with Gasteiger partial charge in [-0.25, -0.2) is 12.8 Å². The third-order valence-corrected chi connectivity index (χ3v) is 7.60. The Bertz CT molecular complexity index is 1380. The molecule has 7 nitrogen and oxygen atoms in total. The van der Waals surface area contributed by atoms with Crippen LogP contribution < -0.4 is 9.62 Å². The van der Waals surface area contributed by atoms with Crippen LogP contribution in [0.4, 0.5) is 10.1 Å². The van der Waals surface area contributed by atoms with Gasteiger partial charge in [0.05, 0.1) is 11.9 Å². The fraction of sp³-hybridized carbons (Fsp3) is 0.355. The number of nitrogens with one attached hydrogen (secondary N) is 1. The summed E-state index contributed by atoms with van der Waals surface area (Å²) in [4.78, 5) is 28.9. The summed E-state index contributed by atoms with van der Waals surface area (Å²) in [6, 6.07) is 21.7. The second kappa shape index (κ2) is 14.1. The van der Waals surface area contributed by atoms with E-state index in [0.29, 0.717) is 12.1 Å². The molecular formula is C31H38FN3O4S. The van der Waals surface area contributed by atoms with E-state index < -0.39 is 21.9 Å². The van der Waals surface area contributed by atoms with E-state index in [9.17, 15) is 22.4 Å². The second-order valence-electron chi connectivity index (χ2n) is 10.3. The highest BCUT2D eigenvalue weighted by atomic mass is 32.2. The molecule has 2 amide bonds. The number of rotatable bonds is 13. The van der Waals surface area contributed by atoms with Crippen LogP contribution in [0.2, 0.25) is 0 Å². The largest absolute Gasteiger partial charge is 0.352 e. The Morgan fingerprint density at radius 1 is 0.925 bits per heavy atom. The standard InChI is InChI=1S/C31H38FN3O4S/c1-23(2)33-31(37)29(21-25-11-6-5-7-12-25)34(22-26-13-8-10-24(3)20-26)30(36)14-9-19-35(40(4,38)39)28-17-15-27(32)16-18-28/h5-8,10-13,15-18,20,23,29H,9,14,19,21-22H2,1-4H3,(H,33,37)/t29-/m1/s1. The molecule has 1 atom stereocenters. The summed E-state index contributed by atoms with van der Waals surface area (Å²) in [5.41, 5.74) is 3.19. The molecule has 3 aromatic carbocycles. The summed E-state index contributed by atoms with van der Waals surface area (Å²) in [6.45, 7) is 5.99. The number of halogens is 1. The molecule has 0 unspecified atom stereocenters. The van der Waals surface area contributed by atoms with Gasteiger partial charge in [-0.3, -0.25) is 13.9 Å². The van der Waals surface area contributed by atoms with Crippen molar-refractivity contribution in [1.29, 1.82) is 0 Å². The van der Waals surface area contributed by atoms with E-state index >= 15 is 0 Å². The number of nitrogens with zero attached hydrogens (tertiary/aromatic N) is 2. The quantitative estimate of drug-likeness (QED) is 0.320. The zero-order valence-corrected chi connectivity index (χ0v) is 24.3. The first-order valence-electron chi connectivity index (χ1n) is 13.4. The lowest BCUT2D eigenvalue weighted by molar-refractivity contribution is -0.141. The lowest BCUT2D eigenvalue weighted by Gasteiger charge is -2.32. The first-order valence-corrected chi connectivity index (χ1v) is 15.2. The Hall–Kier alpha value is -3.72. The molecule has 3 rings (SSSR count). The number of hydrogen-bond donors (Lipinski definition) is 1. The van der Waals surface area contributed by atoms with E-state index in [0.717, 1.165) is 27.3 Å². The SMILES string of the molecule is Cc1cccc(CN(C(=O)CCCN(c2ccc(F)cc2)S(C)(=O)=O)[C@H](Cc2ccccc2)C(=O)NC(C)C)c1. The number of hydrogen-bond acceptors (Lipinski definition) is 4. The molecule has 0 saturated carbocycles. The first kappa shape index (κ1) is 30.8. The molecule has 0 spiro atoms. The van der Waals surface area contributed by atoms with Gasteiger partial charge in [-0.05, 0) is 62.6 Å². The summed E-state index contributed by atoms with van der Waals surface area (Å²) < 4.78 is 39.6. The van der Waals surface area contributed by atoms with E-state index in [2.05, 4.69) is 5.32 Å². The predicted octanol–water partition coefficient (Wildman–Crippen LogP) is 4.85. The van der Waals surface area contributed by atoms with Crippen molar-refractivity contribution in [3.63, 3.8) is 0 Å². The highest BCUT2D eigenvalue weighted by Gasteiger charge is 2.31. The average Bonchev–Trinajstić information content (AvgIpc) is 2.89. The molecule has 0 aromatic heterocycles. The third kappa shape index (κ3) is 9.19. The minimum absolute atomic E-state index is 0.0271. The Balaban J connectivity index is 1.87. The summed E-state index contributed by atoms with van der Waals surface area (Å²) >= 11 is 0. The van der Waals surface area contributed by atoms with E-state index in [4.69, 9.17) is 0 Å². The molecule has 214 valence electrons. The lowest BCUT2D eigenvalue weighted by Crippen LogP contribution is -2.51. The van der Waals surface area contributed by atoms with Crippen LogP contribution in [0.15, 0.2) is 78.9 Å². The van der Waals surface area contributed by atoms with Crippen LogP contribution in [0.3, 0.4) is 0 Å². The molecule has 1 N–H and O–H groups in total. The lowest BCUT2D eigenvalue weighted by atomic mass is 10.0. The molecule has 0 aliphatic rings. The second-order valence-corrected chi connectivity index (χ2v) is 12.2. The Labute approximate surface area is 237 Å². The number of amides is 2. The molecule has 0 aliphatic heterocycles. The van der Waals surface area contributed by atoms with Gasteiger partial charge < -0.3 is 10.2 Å². The fourth-order valence-electron chi connectivity index (χ4n) is 4.55. The molecule has 0 saturated heterocycles. The summed E-state index contributed by atoms with van der Waals surface area (Å²) in [5, 5.41) is 2.96. The van der Waals surface area contributed by atoms with Gasteiger partial charge in [-0.2, -0.15) is 0 Å². The van der Waals surface area contributed by atoms with Crippen LogP contribution >= 0.6 is 0 Å². The van der Waals surface area contributed by atoms with Gasteiger partial charge in [0, 0.05) is 32.0 Å². The van der Waals surface area contributed by atoms with Gasteiger partial charge in [-0.1, -0.05) is 60.2 Å². The monoisotopic (exact) mass is 567 g/mol. The van der Waals surface area contributed by atoms with Crippen molar-refractivity contribution < 1.29 is 22.4 Å². The highest BCUT2D eigenvalue weighted by molar-refractivity contribution is 7.92. The van der Waals surface area contributed by atoms with Crippen molar-refractivity contribution in [2.45, 2.75) is 58.7 Å². The van der Waals surface area contributed by atoms with Crippen molar-refractivity contribution in [2.75, 3.05) is 17.1 Å². The van der Waals surface area contributed by atoms with Gasteiger partial charge in [-0.15, -0.1) is 0 Å². The number of benzene rings is 3. The first-order chi connectivity index (χ1) is 18.9. The zero-order chi connectivity index (χ0) is 29.3. The van der Waals surface area contributed by atoms with Crippen molar-refractivity contribution in [3.8, 4) is 0 Å². The molecule has 0 radical (unpaired) electrons. The number of carbonyl (C=O) groups excluding carboxylic acids is 2. The molecule has 3 aromatic rings. The number of carbonyl (C=O) groups is 2. The molecule has 0 fully saturated rings. The third-order valence-electron chi connectivity index (χ3n) is 6.40. The molecule has 9 heteroatoms. The molecule has 40 heavy (non-hydrogen) atoms. The van der Waals surface area contributed by atoms with E-state index in [1.54, 1.807) is 4.90 Å². The highest BCUT2D eigenvalue weighted by Crippen LogP contribution is 2.21. The van der Waals surface area contributed by atoms with Gasteiger partial charge in [0.25, 0.3) is 0 Å². The zero-order valence-electron chi connectivity index (χ0n) is 23.5. The Morgan fingerprint density at radius 2 is 1.57 bits per heavy atom. The maximum atomic E-state index is 13.8. The number of aryl methyl sites for hydroxylation is 1. The average molecular weight is 568 g/mol. The van der Waals surface area contributed by atoms with Crippen LogP contribution in [0, 0.1) is 12.7 Å². The van der Waals surface area contributed by atoms with Gasteiger partial charge in [0.1, 0.15) is 11.9 Å². The summed E-state index contributed by atoms with van der Waals surface area (Å²) in [7, 11) is -3.66. The van der Waals surface area contributed by atoms with Crippen LogP contribution in [0.1, 0.15) is 43.4 Å². The van der Waals surface area contributed by atoms with Gasteiger partial charge >= 0.3 is 0 Å². The van der Waals surface area contributed by atoms with Crippen molar-refractivity contribution in [1.82, 2.24) is 10.2 Å². The normalized spacial score (nSPS) is 12.2. The molecule has 0 bridgehead atoms. The van der Waals surface area contributed by atoms with Crippen molar-refractivity contribution in [2.24, 2.45) is 0 Å². The van der Waals surface area contributed by atoms with Gasteiger partial charge in [0.2, 0.25) is 21.8 Å². The smallest absolute Gasteiger partial charge is 0.243 e. The Kier molecular flexibility index (Phi) is 10.8. The van der Waals surface area contributed by atoms with Gasteiger partial charge in [0.15, 0.2) is 0 Å². The molecule has 0 aliphatic carbocycles. The Morgan fingerprint density at radius 3 is 2.17 bits per heavy atom. The molecular weight excluding hydrogens is 529 g/mol.